The van der Waals surface area contributed by atoms with Gasteiger partial charge in [0.2, 0.25) is 5.91 Å². The summed E-state index contributed by atoms with van der Waals surface area (Å²) in [5, 5.41) is 0. The number of imidazole rings is 1. The van der Waals surface area contributed by atoms with Crippen LogP contribution in [0.15, 0.2) is 6.20 Å². The molecule has 1 atom stereocenters. The number of nitrogens with zero attached hydrogens (tertiary/aromatic N) is 5. The molecule has 3 aliphatic rings. The number of hydrogen-bond acceptors (Lipinski definition) is 5. The smallest absolute Gasteiger partial charge is 0.425 e. The van der Waals surface area contributed by atoms with Gasteiger partial charge in [0.15, 0.2) is 6.10 Å². The highest BCUT2D eigenvalue weighted by Crippen LogP contribution is 2.33. The van der Waals surface area contributed by atoms with Crippen LogP contribution in [-0.4, -0.2) is 86.7 Å². The van der Waals surface area contributed by atoms with E-state index in [-0.39, 0.29) is 30.8 Å². The summed E-state index contributed by atoms with van der Waals surface area (Å²) in [6, 6.07) is 0. The molecule has 2 aliphatic heterocycles. The molecule has 4 rings (SSSR count). The Bertz CT molecular complexity index is 966. The number of rotatable bonds is 4. The molecule has 1 aliphatic carbocycles. The third-order valence-electron chi connectivity index (χ3n) is 7.21. The normalized spacial score (nSPS) is 21.0. The monoisotopic (exact) mass is 485 g/mol. The van der Waals surface area contributed by atoms with Crippen LogP contribution in [0.4, 0.5) is 18.0 Å². The maximum Gasteiger partial charge on any atom is 0.425 e. The zero-order valence-electron chi connectivity index (χ0n) is 19.6. The Balaban J connectivity index is 1.35. The van der Waals surface area contributed by atoms with Crippen LogP contribution in [0.3, 0.4) is 0 Å². The van der Waals surface area contributed by atoms with E-state index in [0.717, 1.165) is 19.8 Å². The summed E-state index contributed by atoms with van der Waals surface area (Å²) in [5.74, 6) is 0.694. The molecule has 3 heterocycles. The minimum Gasteiger partial charge on any atom is -0.437 e. The molecule has 1 aromatic heterocycles. The highest BCUT2D eigenvalue weighted by molar-refractivity contribution is 5.92. The Morgan fingerprint density at radius 2 is 1.79 bits per heavy atom. The van der Waals surface area contributed by atoms with E-state index in [4.69, 9.17) is 0 Å². The number of hydrogen-bond donors (Lipinski definition) is 0. The fourth-order valence-electron chi connectivity index (χ4n) is 4.35. The molecule has 188 valence electrons. The van der Waals surface area contributed by atoms with E-state index in [0.29, 0.717) is 44.0 Å². The lowest BCUT2D eigenvalue weighted by molar-refractivity contribution is -0.200. The highest BCUT2D eigenvalue weighted by atomic mass is 19.4. The van der Waals surface area contributed by atoms with Crippen molar-refractivity contribution in [2.24, 2.45) is 5.92 Å². The number of carbonyl (C=O) groups excluding carboxylic acids is 3. The molecule has 12 heteroatoms. The van der Waals surface area contributed by atoms with Gasteiger partial charge in [-0.3, -0.25) is 9.59 Å². The number of halogens is 3. The van der Waals surface area contributed by atoms with E-state index >= 15 is 0 Å². The van der Waals surface area contributed by atoms with E-state index in [1.807, 2.05) is 11.5 Å². The number of alkyl halides is 3. The van der Waals surface area contributed by atoms with Crippen molar-refractivity contribution in [2.45, 2.75) is 70.4 Å². The summed E-state index contributed by atoms with van der Waals surface area (Å²) in [6.07, 6.45) is -3.43. The Morgan fingerprint density at radius 3 is 2.38 bits per heavy atom. The maximum absolute atomic E-state index is 13.2. The first-order valence-corrected chi connectivity index (χ1v) is 11.5. The molecular formula is C22H30F3N5O4. The van der Waals surface area contributed by atoms with E-state index in [2.05, 4.69) is 9.72 Å². The Hall–Kier alpha value is -2.79. The molecule has 2 fully saturated rings. The van der Waals surface area contributed by atoms with Crippen LogP contribution in [0.1, 0.15) is 55.8 Å². The lowest BCUT2D eigenvalue weighted by Crippen LogP contribution is -2.55. The molecule has 0 radical (unpaired) electrons. The van der Waals surface area contributed by atoms with Crippen LogP contribution in [-0.2, 0) is 22.6 Å². The molecule has 1 aromatic rings. The molecule has 0 aromatic carbocycles. The van der Waals surface area contributed by atoms with Crippen LogP contribution < -0.4 is 0 Å². The second kappa shape index (κ2) is 8.77. The number of amides is 3. The van der Waals surface area contributed by atoms with E-state index in [1.54, 1.807) is 23.0 Å². The summed E-state index contributed by atoms with van der Waals surface area (Å²) in [7, 11) is 1.67. The SMILES string of the molecule is CC(OC(=O)N1CCC(C)(N(C)C(=O)c2cn3c(n2)CN(C(=O)C2CC2)CC3)CC1)C(F)(F)F. The Morgan fingerprint density at radius 1 is 1.15 bits per heavy atom. The first-order valence-electron chi connectivity index (χ1n) is 11.5. The van der Waals surface area contributed by atoms with Crippen molar-refractivity contribution in [1.82, 2.24) is 24.3 Å². The van der Waals surface area contributed by atoms with E-state index < -0.39 is 23.9 Å². The number of likely N-dealkylation sites (tertiary alicyclic amines) is 1. The standard InChI is InChI=1S/C22H30F3N5O4/c1-14(22(23,24)25)34-20(33)28-8-6-21(2,7-9-28)27(3)19(32)16-12-29-10-11-30(13-17(29)26-16)18(31)15-4-5-15/h12,14-15H,4-11,13H2,1-3H3. The van der Waals surface area contributed by atoms with Crippen molar-refractivity contribution in [3.05, 3.63) is 17.7 Å². The molecule has 0 spiro atoms. The third-order valence-corrected chi connectivity index (χ3v) is 7.21. The number of carbonyl (C=O) groups is 3. The first kappa shape index (κ1) is 24.3. The molecule has 9 nitrogen and oxygen atoms in total. The predicted molar refractivity (Wildman–Crippen MR) is 114 cm³/mol. The first-order chi connectivity index (χ1) is 15.9. The third kappa shape index (κ3) is 4.85. The second-order valence-electron chi connectivity index (χ2n) is 9.69. The second-order valence-corrected chi connectivity index (χ2v) is 9.69. The van der Waals surface area contributed by atoms with Crippen molar-refractivity contribution in [3.8, 4) is 0 Å². The van der Waals surface area contributed by atoms with Crippen LogP contribution >= 0.6 is 0 Å². The molecule has 0 bridgehead atoms. The number of ether oxygens (including phenoxy) is 1. The molecule has 3 amide bonds. The van der Waals surface area contributed by atoms with Gasteiger partial charge in [0.1, 0.15) is 11.5 Å². The Kier molecular flexibility index (Phi) is 6.28. The number of aromatic nitrogens is 2. The molecule has 1 unspecified atom stereocenters. The van der Waals surface area contributed by atoms with Gasteiger partial charge >= 0.3 is 12.3 Å². The molecule has 0 N–H and O–H groups in total. The summed E-state index contributed by atoms with van der Waals surface area (Å²) in [4.78, 5) is 46.8. The van der Waals surface area contributed by atoms with Gasteiger partial charge < -0.3 is 24.0 Å². The van der Waals surface area contributed by atoms with E-state index in [9.17, 15) is 27.6 Å². The molecular weight excluding hydrogens is 455 g/mol. The van der Waals surface area contributed by atoms with Gasteiger partial charge in [0.05, 0.1) is 6.54 Å². The minimum atomic E-state index is -4.61. The van der Waals surface area contributed by atoms with Gasteiger partial charge in [-0.15, -0.1) is 0 Å². The predicted octanol–water partition coefficient (Wildman–Crippen LogP) is 2.65. The van der Waals surface area contributed by atoms with Gasteiger partial charge in [0, 0.05) is 50.9 Å². The zero-order chi connectivity index (χ0) is 24.8. The van der Waals surface area contributed by atoms with Gasteiger partial charge in [-0.2, -0.15) is 13.2 Å². The van der Waals surface area contributed by atoms with Crippen molar-refractivity contribution >= 4 is 17.9 Å². The van der Waals surface area contributed by atoms with Crippen molar-refractivity contribution in [3.63, 3.8) is 0 Å². The van der Waals surface area contributed by atoms with E-state index in [1.165, 1.54) is 4.90 Å². The summed E-state index contributed by atoms with van der Waals surface area (Å²) >= 11 is 0. The van der Waals surface area contributed by atoms with Crippen molar-refractivity contribution < 1.29 is 32.3 Å². The van der Waals surface area contributed by atoms with Gasteiger partial charge in [-0.1, -0.05) is 0 Å². The molecule has 34 heavy (non-hydrogen) atoms. The summed E-state index contributed by atoms with van der Waals surface area (Å²) < 4.78 is 44.5. The molecule has 1 saturated carbocycles. The van der Waals surface area contributed by atoms with Crippen molar-refractivity contribution in [1.29, 1.82) is 0 Å². The lowest BCUT2D eigenvalue weighted by Gasteiger charge is -2.44. The van der Waals surface area contributed by atoms with Crippen LogP contribution in [0, 0.1) is 5.92 Å². The summed E-state index contributed by atoms with van der Waals surface area (Å²) in [5.41, 5.74) is -0.304. The van der Waals surface area contributed by atoms with Gasteiger partial charge in [-0.25, -0.2) is 9.78 Å². The van der Waals surface area contributed by atoms with Gasteiger partial charge in [0.25, 0.3) is 5.91 Å². The fourth-order valence-corrected chi connectivity index (χ4v) is 4.35. The lowest BCUT2D eigenvalue weighted by atomic mass is 9.88. The Labute approximate surface area is 195 Å². The fraction of sp³-hybridized carbons (Fsp3) is 0.727. The van der Waals surface area contributed by atoms with Crippen LogP contribution in [0.2, 0.25) is 0 Å². The highest BCUT2D eigenvalue weighted by Gasteiger charge is 2.43. The van der Waals surface area contributed by atoms with Gasteiger partial charge in [-0.05, 0) is 39.5 Å². The van der Waals surface area contributed by atoms with Crippen LogP contribution in [0.25, 0.3) is 0 Å². The quantitative estimate of drug-likeness (QED) is 0.655. The summed E-state index contributed by atoms with van der Waals surface area (Å²) in [6.45, 7) is 4.60. The average molecular weight is 486 g/mol. The van der Waals surface area contributed by atoms with Crippen LogP contribution in [0.5, 0.6) is 0 Å². The number of piperidine rings is 1. The molecule has 1 saturated heterocycles. The largest absolute Gasteiger partial charge is 0.437 e. The minimum absolute atomic E-state index is 0.133. The number of fused-ring (bicyclic) bond motifs is 1. The maximum atomic E-state index is 13.2. The topological polar surface area (TPSA) is 88.0 Å². The average Bonchev–Trinajstić information content (AvgIpc) is 3.55. The zero-order valence-corrected chi connectivity index (χ0v) is 19.6. The van der Waals surface area contributed by atoms with Crippen molar-refractivity contribution in [2.75, 3.05) is 26.7 Å².